The second-order valence-electron chi connectivity index (χ2n) is 10.6. The van der Waals surface area contributed by atoms with Gasteiger partial charge in [-0.25, -0.2) is 0 Å². The summed E-state index contributed by atoms with van der Waals surface area (Å²) in [5.74, 6) is -0.699. The predicted octanol–water partition coefficient (Wildman–Crippen LogP) is 5.41. The molecule has 0 bridgehead atoms. The first kappa shape index (κ1) is 32.0. The number of ether oxygens (including phenoxy) is 1. The minimum atomic E-state index is -5.12. The quantitative estimate of drug-likeness (QED) is 0.129. The largest absolute Gasteiger partial charge is 0.465 e. The Morgan fingerprint density at radius 3 is 1.47 bits per heavy atom. The summed E-state index contributed by atoms with van der Waals surface area (Å²) < 4.78 is 40.2. The molecule has 2 atom stereocenters. The fourth-order valence-electron chi connectivity index (χ4n) is 3.10. The van der Waals surface area contributed by atoms with E-state index in [2.05, 4.69) is 5.32 Å². The van der Waals surface area contributed by atoms with Crippen molar-refractivity contribution in [1.82, 2.24) is 5.32 Å². The Bertz CT molecular complexity index is 1070. The number of carbonyl (C=O) groups is 1. The van der Waals surface area contributed by atoms with Crippen LogP contribution in [0.3, 0.4) is 0 Å². The molecule has 3 N–H and O–H groups in total. The average molecular weight is 574 g/mol. The standard InChI is InChI=1S/C25H37NO10P2/c1-8-32-22(27)17-26-23(37(28,29)35-33-20-13-9-18(10-14-20)24(2,3)4)38(30,31)36-34-21-15-11-19(12-16-21)25(5,6)7/h9-16,23,26H,8,17H2,1-7H3,(H,28,29)(H,30,31). The smallest absolute Gasteiger partial charge is 0.395 e. The summed E-state index contributed by atoms with van der Waals surface area (Å²) in [5.41, 5.74) is -0.635. The number of nitrogens with one attached hydrogen (secondary N) is 1. The molecule has 0 saturated heterocycles. The Morgan fingerprint density at radius 1 is 0.789 bits per heavy atom. The summed E-state index contributed by atoms with van der Waals surface area (Å²) in [7, 11) is -10.2. The van der Waals surface area contributed by atoms with Crippen molar-refractivity contribution in [2.24, 2.45) is 0 Å². The van der Waals surface area contributed by atoms with Gasteiger partial charge in [-0.2, -0.15) is 0 Å². The van der Waals surface area contributed by atoms with Gasteiger partial charge in [0.1, 0.15) is 0 Å². The number of hydrogen-bond donors (Lipinski definition) is 3. The third kappa shape index (κ3) is 9.50. The van der Waals surface area contributed by atoms with E-state index in [0.29, 0.717) is 0 Å². The van der Waals surface area contributed by atoms with Crippen molar-refractivity contribution >= 4 is 21.2 Å². The van der Waals surface area contributed by atoms with E-state index in [4.69, 9.17) is 23.9 Å². The van der Waals surface area contributed by atoms with Crippen molar-refractivity contribution in [3.63, 3.8) is 0 Å². The van der Waals surface area contributed by atoms with Gasteiger partial charge >= 0.3 is 21.2 Å². The molecule has 0 heterocycles. The summed E-state index contributed by atoms with van der Waals surface area (Å²) in [6.07, 6.45) is 0. The molecule has 2 aromatic rings. The number of carbonyl (C=O) groups excluding carboxylic acids is 1. The summed E-state index contributed by atoms with van der Waals surface area (Å²) >= 11 is 0. The number of benzene rings is 2. The van der Waals surface area contributed by atoms with Crippen molar-refractivity contribution in [3.05, 3.63) is 59.7 Å². The van der Waals surface area contributed by atoms with Crippen LogP contribution in [0.2, 0.25) is 0 Å². The van der Waals surface area contributed by atoms with Crippen LogP contribution < -0.4 is 15.1 Å². The lowest BCUT2D eigenvalue weighted by atomic mass is 9.87. The molecule has 38 heavy (non-hydrogen) atoms. The Kier molecular flexibility index (Phi) is 10.7. The lowest BCUT2D eigenvalue weighted by Gasteiger charge is -2.25. The minimum absolute atomic E-state index is 0.0348. The van der Waals surface area contributed by atoms with Crippen LogP contribution in [0.1, 0.15) is 59.6 Å². The molecule has 0 aliphatic carbocycles. The number of esters is 1. The summed E-state index contributed by atoms with van der Waals surface area (Å²) in [6, 6.07) is 13.0. The van der Waals surface area contributed by atoms with Gasteiger partial charge in [0.05, 0.1) is 13.2 Å². The topological polar surface area (TPSA) is 150 Å². The summed E-state index contributed by atoms with van der Waals surface area (Å²) in [4.78, 5) is 42.9. The van der Waals surface area contributed by atoms with Crippen LogP contribution in [0.15, 0.2) is 48.5 Å². The molecule has 0 saturated carbocycles. The monoisotopic (exact) mass is 573 g/mol. The van der Waals surface area contributed by atoms with Crippen molar-refractivity contribution in [2.75, 3.05) is 13.2 Å². The van der Waals surface area contributed by atoms with Gasteiger partial charge in [-0.15, -0.1) is 0 Å². The van der Waals surface area contributed by atoms with Crippen LogP contribution in [-0.4, -0.2) is 34.4 Å². The van der Waals surface area contributed by atoms with Crippen LogP contribution in [0, 0.1) is 0 Å². The minimum Gasteiger partial charge on any atom is -0.465 e. The van der Waals surface area contributed by atoms with Gasteiger partial charge in [0.2, 0.25) is 5.52 Å². The van der Waals surface area contributed by atoms with E-state index in [1.165, 1.54) is 24.3 Å². The molecule has 2 rings (SSSR count). The maximum atomic E-state index is 13.0. The Hall–Kier alpha value is -2.23. The Labute approximate surface area is 223 Å². The van der Waals surface area contributed by atoms with Gasteiger partial charge in [0.15, 0.2) is 11.5 Å². The van der Waals surface area contributed by atoms with Crippen LogP contribution in [0.4, 0.5) is 0 Å². The first-order valence-corrected chi connectivity index (χ1v) is 15.2. The molecule has 2 unspecified atom stereocenters. The summed E-state index contributed by atoms with van der Waals surface area (Å²) in [6.45, 7) is 13.0. The van der Waals surface area contributed by atoms with E-state index < -0.39 is 33.2 Å². The maximum absolute atomic E-state index is 13.0. The zero-order chi connectivity index (χ0) is 28.8. The molecule has 0 radical (unpaired) electrons. The third-order valence-electron chi connectivity index (χ3n) is 5.27. The van der Waals surface area contributed by atoms with Crippen LogP contribution in [-0.2, 0) is 38.8 Å². The highest BCUT2D eigenvalue weighted by molar-refractivity contribution is 7.71. The zero-order valence-corrected chi connectivity index (χ0v) is 24.5. The molecule has 0 spiro atoms. The van der Waals surface area contributed by atoms with Crippen LogP contribution in [0.5, 0.6) is 11.5 Å². The van der Waals surface area contributed by atoms with E-state index in [0.717, 1.165) is 11.1 Å². The molecule has 0 aliphatic heterocycles. The second-order valence-corrected chi connectivity index (χ2v) is 14.5. The molecular formula is C25H37NO10P2. The molecule has 2 aromatic carbocycles. The lowest BCUT2D eigenvalue weighted by molar-refractivity contribution is -0.142. The maximum Gasteiger partial charge on any atom is 0.395 e. The zero-order valence-electron chi connectivity index (χ0n) is 22.7. The van der Waals surface area contributed by atoms with Crippen LogP contribution >= 0.6 is 15.2 Å². The van der Waals surface area contributed by atoms with Gasteiger partial charge in [-0.05, 0) is 53.1 Å². The molecule has 0 fully saturated rings. The Balaban J connectivity index is 2.19. The summed E-state index contributed by atoms with van der Waals surface area (Å²) in [5, 5.41) is 2.20. The molecule has 0 amide bonds. The van der Waals surface area contributed by atoms with Gasteiger partial charge in [0, 0.05) is 0 Å². The average Bonchev–Trinajstić information content (AvgIpc) is 2.81. The van der Waals surface area contributed by atoms with Gasteiger partial charge in [0.25, 0.3) is 0 Å². The molecule has 13 heteroatoms. The molecular weight excluding hydrogens is 536 g/mol. The molecule has 11 nitrogen and oxygen atoms in total. The van der Waals surface area contributed by atoms with Crippen LogP contribution in [0.25, 0.3) is 0 Å². The highest BCUT2D eigenvalue weighted by Gasteiger charge is 2.50. The van der Waals surface area contributed by atoms with E-state index in [-0.39, 0.29) is 28.9 Å². The van der Waals surface area contributed by atoms with Crippen molar-refractivity contribution in [2.45, 2.75) is 64.8 Å². The van der Waals surface area contributed by atoms with Crippen molar-refractivity contribution in [1.29, 1.82) is 0 Å². The third-order valence-corrected chi connectivity index (χ3v) is 9.20. The second kappa shape index (κ2) is 12.7. The highest BCUT2D eigenvalue weighted by Crippen LogP contribution is 2.64. The van der Waals surface area contributed by atoms with Crippen molar-refractivity contribution in [3.8, 4) is 11.5 Å². The first-order chi connectivity index (χ1) is 17.5. The highest BCUT2D eigenvalue weighted by atomic mass is 31.2. The first-order valence-electron chi connectivity index (χ1n) is 11.9. The SMILES string of the molecule is CCOC(=O)CNC(P(=O)(O)OOc1ccc(C(C)(C)C)cc1)P(=O)(O)OOc1ccc(C(C)(C)C)cc1. The van der Waals surface area contributed by atoms with Gasteiger partial charge < -0.3 is 24.3 Å². The fraction of sp³-hybridized carbons (Fsp3) is 0.480. The van der Waals surface area contributed by atoms with E-state index in [1.807, 2.05) is 41.5 Å². The number of rotatable bonds is 12. The predicted molar refractivity (Wildman–Crippen MR) is 142 cm³/mol. The molecule has 212 valence electrons. The molecule has 0 aromatic heterocycles. The van der Waals surface area contributed by atoms with E-state index in [1.54, 1.807) is 31.2 Å². The van der Waals surface area contributed by atoms with Gasteiger partial charge in [-0.1, -0.05) is 75.2 Å². The normalized spacial score (nSPS) is 16.1. The van der Waals surface area contributed by atoms with Gasteiger partial charge in [-0.3, -0.25) is 19.2 Å². The van der Waals surface area contributed by atoms with E-state index in [9.17, 15) is 23.7 Å². The Morgan fingerprint density at radius 2 is 1.16 bits per heavy atom. The van der Waals surface area contributed by atoms with E-state index >= 15 is 0 Å². The van der Waals surface area contributed by atoms with Crippen molar-refractivity contribution < 1.29 is 47.6 Å². The fourth-order valence-corrected chi connectivity index (χ4v) is 6.00. The number of hydrogen-bond acceptors (Lipinski definition) is 9. The molecule has 0 aliphatic rings. The lowest BCUT2D eigenvalue weighted by Crippen LogP contribution is -2.35.